The molecule has 3 aliphatic rings. The Morgan fingerprint density at radius 1 is 0.653 bits per heavy atom. The second-order valence-electron chi connectivity index (χ2n) is 16.8. The Kier molecular flexibility index (Phi) is 20.3. The zero-order valence-electron chi connectivity index (χ0n) is 40.1. The molecule has 2 aliphatic heterocycles. The lowest BCUT2D eigenvalue weighted by Crippen LogP contribution is -2.42. The van der Waals surface area contributed by atoms with E-state index in [2.05, 4.69) is 20.9 Å². The number of phosphoric acid groups is 2. The van der Waals surface area contributed by atoms with Crippen LogP contribution in [0.2, 0.25) is 0 Å². The van der Waals surface area contributed by atoms with Gasteiger partial charge in [0.1, 0.15) is 48.8 Å². The van der Waals surface area contributed by atoms with Crippen LogP contribution in [0.15, 0.2) is 65.6 Å². The molecule has 5 unspecified atom stereocenters. The first kappa shape index (κ1) is 58.6. The summed E-state index contributed by atoms with van der Waals surface area (Å²) < 4.78 is 81.5. The SMILES string of the molecule is CNC(=O)CCO[C@H]1C(OP(=O)(O)OC[C@H]2O[C@@H](n3ccc(=O)[nH]c3=O)[C@@H](OCCC(=O)NC)C2OP(=O)([O-])OC[C@H]2O[C@@H](n3ccc(=O)[nH]c3=O)[C@@H](OCCC(=O)NC)C2O)[C@@H](CO)C[C@H]1n1ccc(=O)[nH]c1=O. The van der Waals surface area contributed by atoms with Crippen LogP contribution in [0, 0.1) is 5.92 Å². The smallest absolute Gasteiger partial charge is 0.472 e. The quantitative estimate of drug-likeness (QED) is 0.0338. The number of aromatic nitrogens is 6. The Morgan fingerprint density at radius 2 is 1.09 bits per heavy atom. The highest BCUT2D eigenvalue weighted by molar-refractivity contribution is 7.47. The van der Waals surface area contributed by atoms with Crippen LogP contribution in [0.1, 0.15) is 44.2 Å². The molecule has 14 atom stereocenters. The fourth-order valence-electron chi connectivity index (χ4n) is 8.38. The predicted molar refractivity (Wildman–Crippen MR) is 246 cm³/mol. The molecule has 1 saturated carbocycles. The zero-order chi connectivity index (χ0) is 54.8. The van der Waals surface area contributed by atoms with Crippen molar-refractivity contribution in [2.75, 3.05) is 60.8 Å². The third-order valence-corrected chi connectivity index (χ3v) is 14.0. The van der Waals surface area contributed by atoms with Gasteiger partial charge in [0.15, 0.2) is 12.5 Å². The number of aliphatic hydroxyl groups excluding tert-OH is 2. The topological polar surface area (TPSA) is 453 Å². The Morgan fingerprint density at radius 3 is 1.57 bits per heavy atom. The highest BCUT2D eigenvalue weighted by atomic mass is 31.2. The minimum absolute atomic E-state index is 0.149. The first-order valence-corrected chi connectivity index (χ1v) is 25.8. The van der Waals surface area contributed by atoms with Crippen molar-refractivity contribution >= 4 is 33.4 Å². The second kappa shape index (κ2) is 26.0. The van der Waals surface area contributed by atoms with Crippen molar-refractivity contribution in [2.24, 2.45) is 5.92 Å². The molecule has 416 valence electrons. The van der Waals surface area contributed by atoms with Crippen molar-refractivity contribution in [1.29, 1.82) is 0 Å². The molecule has 6 rings (SSSR count). The summed E-state index contributed by atoms with van der Waals surface area (Å²) >= 11 is 0. The van der Waals surface area contributed by atoms with Crippen molar-refractivity contribution in [3.8, 4) is 0 Å². The number of ether oxygens (including phenoxy) is 5. The molecule has 75 heavy (non-hydrogen) atoms. The Labute approximate surface area is 421 Å². The molecule has 3 amide bonds. The van der Waals surface area contributed by atoms with Crippen LogP contribution in [-0.4, -0.2) is 171 Å². The van der Waals surface area contributed by atoms with Gasteiger partial charge >= 0.3 is 24.9 Å². The molecular formula is C40H56N9O24P2-. The van der Waals surface area contributed by atoms with Gasteiger partial charge in [-0.25, -0.2) is 18.9 Å². The molecular weight excluding hydrogens is 1050 g/mol. The maximum atomic E-state index is 14.0. The molecule has 0 spiro atoms. The first-order chi connectivity index (χ1) is 35.6. The summed E-state index contributed by atoms with van der Waals surface area (Å²) in [5, 5.41) is 28.9. The summed E-state index contributed by atoms with van der Waals surface area (Å²) in [5.41, 5.74) is -5.46. The van der Waals surface area contributed by atoms with Crippen molar-refractivity contribution in [1.82, 2.24) is 44.6 Å². The number of nitrogens with one attached hydrogen (secondary N) is 6. The van der Waals surface area contributed by atoms with Gasteiger partial charge in [0, 0.05) is 89.7 Å². The van der Waals surface area contributed by atoms with Gasteiger partial charge in [-0.15, -0.1) is 0 Å². The zero-order valence-corrected chi connectivity index (χ0v) is 41.9. The summed E-state index contributed by atoms with van der Waals surface area (Å²) in [6.07, 6.45) is -14.8. The van der Waals surface area contributed by atoms with Crippen molar-refractivity contribution < 1.29 is 85.3 Å². The van der Waals surface area contributed by atoms with Crippen LogP contribution in [0.3, 0.4) is 0 Å². The van der Waals surface area contributed by atoms with E-state index in [-0.39, 0.29) is 38.9 Å². The number of nitrogens with zero attached hydrogens (tertiary/aromatic N) is 3. The van der Waals surface area contributed by atoms with Gasteiger partial charge in [-0.05, 0) is 6.42 Å². The van der Waals surface area contributed by atoms with E-state index >= 15 is 0 Å². The van der Waals surface area contributed by atoms with Gasteiger partial charge < -0.3 is 68.7 Å². The number of aromatic amines is 3. The average molecular weight is 1110 g/mol. The maximum absolute atomic E-state index is 14.0. The lowest BCUT2D eigenvalue weighted by Gasteiger charge is -2.32. The van der Waals surface area contributed by atoms with E-state index in [1.165, 1.54) is 21.1 Å². The molecule has 9 N–H and O–H groups in total. The molecule has 35 heteroatoms. The number of carbonyl (C=O) groups excluding carboxylic acids is 3. The van der Waals surface area contributed by atoms with E-state index in [0.717, 1.165) is 50.5 Å². The second-order valence-corrected chi connectivity index (χ2v) is 19.6. The number of hydrogen-bond acceptors (Lipinski definition) is 23. The summed E-state index contributed by atoms with van der Waals surface area (Å²) in [7, 11) is -7.25. The lowest BCUT2D eigenvalue weighted by molar-refractivity contribution is -0.237. The molecule has 0 radical (unpaired) electrons. The van der Waals surface area contributed by atoms with Gasteiger partial charge in [-0.3, -0.25) is 71.0 Å². The van der Waals surface area contributed by atoms with Crippen LogP contribution in [0.4, 0.5) is 0 Å². The largest absolute Gasteiger partial charge is 0.756 e. The van der Waals surface area contributed by atoms with Crippen LogP contribution in [-0.2, 0) is 65.3 Å². The van der Waals surface area contributed by atoms with Gasteiger partial charge in [0.05, 0.1) is 39.1 Å². The monoisotopic (exact) mass is 1110 g/mol. The fourth-order valence-corrected chi connectivity index (χ4v) is 10.3. The molecule has 2 saturated heterocycles. The normalized spacial score (nSPS) is 28.1. The standard InChI is InChI=1S/C40H57N9O24P2/c1-41-24(51)7-13-65-32-21(47-10-4-27(54)44-38(47)58)16-20(17-50)31(32)72-74(61,62)69-19-23-33(35(67-15-9-26(53)43-3)37(71-23)49-12-6-29(56)46-40(49)60)73-75(63,64)68-18-22-30(57)34(66-14-8-25(52)42-2)36(70-22)48-11-5-28(55)45-39(48)59/h4-6,10-12,20-23,30-37,50,57H,7-9,13-19H2,1-3H3,(H,41,51)(H,42,52)(H,43,53)(H,61,62)(H,63,64)(H,44,54,58)(H,45,55,59)(H,46,56,60)/p-1/t20-,21-,22-,23-,30?,31?,32-,33?,34+,35+,36-,37-/m1/s1. The molecule has 3 aromatic rings. The minimum Gasteiger partial charge on any atom is -0.756 e. The first-order valence-electron chi connectivity index (χ1n) is 22.9. The summed E-state index contributed by atoms with van der Waals surface area (Å²) in [4.78, 5) is 142. The average Bonchev–Trinajstić information content (AvgIpc) is 3.98. The number of rotatable bonds is 26. The molecule has 1 aliphatic carbocycles. The highest BCUT2D eigenvalue weighted by Crippen LogP contribution is 2.52. The Balaban J connectivity index is 1.28. The van der Waals surface area contributed by atoms with E-state index in [1.807, 2.05) is 9.97 Å². The Hall–Kier alpha value is -5.61. The number of H-pyrrole nitrogens is 3. The summed E-state index contributed by atoms with van der Waals surface area (Å²) in [5.74, 6) is -2.56. The van der Waals surface area contributed by atoms with E-state index in [4.69, 9.17) is 41.8 Å². The van der Waals surface area contributed by atoms with Crippen LogP contribution in [0.25, 0.3) is 0 Å². The molecule has 0 aromatic carbocycles. The lowest BCUT2D eigenvalue weighted by atomic mass is 10.1. The number of carbonyl (C=O) groups is 3. The molecule has 3 fully saturated rings. The van der Waals surface area contributed by atoms with E-state index in [9.17, 15) is 72.3 Å². The predicted octanol–water partition coefficient (Wildman–Crippen LogP) is -5.72. The summed E-state index contributed by atoms with van der Waals surface area (Å²) in [6.45, 7) is -4.12. The van der Waals surface area contributed by atoms with Gasteiger partial charge in [-0.2, -0.15) is 0 Å². The fraction of sp³-hybridized carbons (Fsp3) is 0.625. The van der Waals surface area contributed by atoms with Crippen LogP contribution in [0.5, 0.6) is 0 Å². The van der Waals surface area contributed by atoms with Gasteiger partial charge in [-0.1, -0.05) is 0 Å². The van der Waals surface area contributed by atoms with Crippen molar-refractivity contribution in [2.45, 2.75) is 93.0 Å². The number of aliphatic hydroxyl groups is 2. The molecule has 33 nitrogen and oxygen atoms in total. The van der Waals surface area contributed by atoms with E-state index < -0.39 is 167 Å². The third kappa shape index (κ3) is 15.1. The number of amides is 3. The van der Waals surface area contributed by atoms with Gasteiger partial charge in [0.25, 0.3) is 24.5 Å². The van der Waals surface area contributed by atoms with Crippen LogP contribution >= 0.6 is 15.6 Å². The Bertz CT molecular complexity index is 2940. The molecule has 3 aromatic heterocycles. The minimum atomic E-state index is -5.81. The summed E-state index contributed by atoms with van der Waals surface area (Å²) in [6, 6.07) is 1.79. The van der Waals surface area contributed by atoms with Crippen LogP contribution < -0.4 is 54.6 Å². The van der Waals surface area contributed by atoms with E-state index in [1.54, 1.807) is 0 Å². The van der Waals surface area contributed by atoms with Crippen molar-refractivity contribution in [3.63, 3.8) is 0 Å². The van der Waals surface area contributed by atoms with Crippen molar-refractivity contribution in [3.05, 3.63) is 99.3 Å². The third-order valence-electron chi connectivity index (χ3n) is 12.1. The van der Waals surface area contributed by atoms with E-state index in [0.29, 0.717) is 0 Å². The molecule has 5 heterocycles. The highest BCUT2D eigenvalue weighted by Gasteiger charge is 2.53. The number of hydrogen-bond donors (Lipinski definition) is 9. The van der Waals surface area contributed by atoms with Gasteiger partial charge in [0.2, 0.25) is 17.7 Å². The molecule has 0 bridgehead atoms. The number of phosphoric ester groups is 2. The maximum Gasteiger partial charge on any atom is 0.472 e.